The SMILES string of the molecule is O=C(NC(C(=O)NCC(C(=O)O)C1CCC1)C(F)(F)F)OCC1c2ccccc2-c2ccccc21. The second kappa shape index (κ2) is 9.97. The molecule has 35 heavy (non-hydrogen) atoms. The molecule has 0 aromatic heterocycles. The normalized spacial score (nSPS) is 16.9. The van der Waals surface area contributed by atoms with Crippen molar-refractivity contribution in [1.82, 2.24) is 10.6 Å². The smallest absolute Gasteiger partial charge is 0.417 e. The lowest BCUT2D eigenvalue weighted by Gasteiger charge is -2.31. The fourth-order valence-corrected chi connectivity index (χ4v) is 4.66. The molecule has 0 bridgehead atoms. The molecule has 2 aromatic carbocycles. The highest BCUT2D eigenvalue weighted by Crippen LogP contribution is 2.44. The molecule has 7 nitrogen and oxygen atoms in total. The first-order valence-electron chi connectivity index (χ1n) is 11.4. The van der Waals surface area contributed by atoms with Crippen LogP contribution in [0.1, 0.15) is 36.3 Å². The Morgan fingerprint density at radius 3 is 2.06 bits per heavy atom. The number of hydrogen-bond donors (Lipinski definition) is 3. The van der Waals surface area contributed by atoms with Gasteiger partial charge in [-0.05, 0) is 41.0 Å². The summed E-state index contributed by atoms with van der Waals surface area (Å²) in [5.74, 6) is -4.23. The highest BCUT2D eigenvalue weighted by molar-refractivity contribution is 5.87. The average Bonchev–Trinajstić information content (AvgIpc) is 3.10. The van der Waals surface area contributed by atoms with Gasteiger partial charge in [0.15, 0.2) is 0 Å². The molecule has 0 aliphatic heterocycles. The fourth-order valence-electron chi connectivity index (χ4n) is 4.66. The summed E-state index contributed by atoms with van der Waals surface area (Å²) in [6.07, 6.45) is -4.35. The monoisotopic (exact) mass is 490 g/mol. The van der Waals surface area contributed by atoms with E-state index in [9.17, 15) is 32.7 Å². The first kappa shape index (κ1) is 24.6. The summed E-state index contributed by atoms with van der Waals surface area (Å²) in [7, 11) is 0. The zero-order valence-corrected chi connectivity index (χ0v) is 18.7. The standard InChI is InChI=1S/C25H25F3N2O5/c26-25(27,28)21(22(31)29-12-19(23(32)33)14-6-5-7-14)30-24(34)35-13-20-17-10-3-1-8-15(17)16-9-2-4-11-18(16)20/h1-4,8-11,14,19-21H,5-7,12-13H2,(H,29,31)(H,30,34)(H,32,33). The van der Waals surface area contributed by atoms with Gasteiger partial charge in [0.05, 0.1) is 5.92 Å². The van der Waals surface area contributed by atoms with Gasteiger partial charge in [0.25, 0.3) is 5.91 Å². The zero-order valence-electron chi connectivity index (χ0n) is 18.7. The number of carboxylic acids is 1. The number of alkyl carbamates (subject to hydrolysis) is 1. The number of alkyl halides is 3. The summed E-state index contributed by atoms with van der Waals surface area (Å²) < 4.78 is 45.7. The molecule has 1 fully saturated rings. The molecule has 1 saturated carbocycles. The molecule has 2 aliphatic carbocycles. The van der Waals surface area contributed by atoms with Crippen LogP contribution in [0.3, 0.4) is 0 Å². The largest absolute Gasteiger partial charge is 0.481 e. The molecule has 2 aromatic rings. The van der Waals surface area contributed by atoms with Gasteiger partial charge in [0.2, 0.25) is 6.04 Å². The van der Waals surface area contributed by atoms with Crippen LogP contribution < -0.4 is 10.6 Å². The number of aliphatic carboxylic acids is 1. The van der Waals surface area contributed by atoms with Crippen LogP contribution in [0.5, 0.6) is 0 Å². The quantitative estimate of drug-likeness (QED) is 0.518. The third kappa shape index (κ3) is 5.26. The van der Waals surface area contributed by atoms with E-state index in [1.165, 1.54) is 0 Å². The Morgan fingerprint density at radius 1 is 1.00 bits per heavy atom. The number of carbonyl (C=O) groups is 3. The highest BCUT2D eigenvalue weighted by atomic mass is 19.4. The molecule has 2 atom stereocenters. The molecule has 2 aliphatic rings. The fraction of sp³-hybridized carbons (Fsp3) is 0.400. The van der Waals surface area contributed by atoms with Crippen molar-refractivity contribution in [3.8, 4) is 11.1 Å². The topological polar surface area (TPSA) is 105 Å². The van der Waals surface area contributed by atoms with E-state index >= 15 is 0 Å². The molecule has 3 N–H and O–H groups in total. The second-order valence-electron chi connectivity index (χ2n) is 8.83. The van der Waals surface area contributed by atoms with E-state index in [2.05, 4.69) is 0 Å². The average molecular weight is 490 g/mol. The van der Waals surface area contributed by atoms with Gasteiger partial charge in [0, 0.05) is 12.5 Å². The lowest BCUT2D eigenvalue weighted by Crippen LogP contribution is -2.56. The van der Waals surface area contributed by atoms with Crippen LogP contribution in [-0.4, -0.2) is 48.4 Å². The molecular formula is C25H25F3N2O5. The van der Waals surface area contributed by atoms with E-state index in [0.29, 0.717) is 12.8 Å². The van der Waals surface area contributed by atoms with Crippen LogP contribution in [0.15, 0.2) is 48.5 Å². The van der Waals surface area contributed by atoms with Gasteiger partial charge in [-0.1, -0.05) is 55.0 Å². The van der Waals surface area contributed by atoms with Gasteiger partial charge >= 0.3 is 18.2 Å². The predicted molar refractivity (Wildman–Crippen MR) is 120 cm³/mol. The molecule has 0 heterocycles. The summed E-state index contributed by atoms with van der Waals surface area (Å²) in [5.41, 5.74) is 3.71. The highest BCUT2D eigenvalue weighted by Gasteiger charge is 2.47. The van der Waals surface area contributed by atoms with Gasteiger partial charge in [-0.2, -0.15) is 13.2 Å². The number of ether oxygens (including phenoxy) is 1. The number of hydrogen-bond acceptors (Lipinski definition) is 4. The lowest BCUT2D eigenvalue weighted by molar-refractivity contribution is -0.167. The molecule has 0 spiro atoms. The molecule has 10 heteroatoms. The minimum absolute atomic E-state index is 0.188. The number of halogens is 3. The Kier molecular flexibility index (Phi) is 7.00. The van der Waals surface area contributed by atoms with E-state index in [4.69, 9.17) is 4.74 Å². The number of fused-ring (bicyclic) bond motifs is 3. The maximum atomic E-state index is 13.5. The van der Waals surface area contributed by atoms with Crippen LogP contribution >= 0.6 is 0 Å². The first-order valence-corrected chi connectivity index (χ1v) is 11.4. The summed E-state index contributed by atoms with van der Waals surface area (Å²) in [5, 5.41) is 12.9. The van der Waals surface area contributed by atoms with E-state index in [0.717, 1.165) is 28.7 Å². The van der Waals surface area contributed by atoms with Gasteiger partial charge in [-0.15, -0.1) is 0 Å². The number of benzene rings is 2. The van der Waals surface area contributed by atoms with Crippen molar-refractivity contribution >= 4 is 18.0 Å². The number of carbonyl (C=O) groups excluding carboxylic acids is 2. The van der Waals surface area contributed by atoms with Crippen molar-refractivity contribution in [3.05, 3.63) is 59.7 Å². The minimum atomic E-state index is -5.09. The Morgan fingerprint density at radius 2 is 1.57 bits per heavy atom. The van der Waals surface area contributed by atoms with Crippen LogP contribution in [0.25, 0.3) is 11.1 Å². The molecule has 4 rings (SSSR count). The Labute approximate surface area is 199 Å². The number of nitrogens with one attached hydrogen (secondary N) is 2. The van der Waals surface area contributed by atoms with Gasteiger partial charge in [0.1, 0.15) is 6.61 Å². The number of carboxylic acid groups (broad SMARTS) is 1. The Balaban J connectivity index is 1.39. The van der Waals surface area contributed by atoms with E-state index in [1.807, 2.05) is 53.8 Å². The molecule has 186 valence electrons. The summed E-state index contributed by atoms with van der Waals surface area (Å²) >= 11 is 0. The third-order valence-corrected chi connectivity index (χ3v) is 6.73. The van der Waals surface area contributed by atoms with Gasteiger partial charge in [-0.3, -0.25) is 9.59 Å². The van der Waals surface area contributed by atoms with Crippen molar-refractivity contribution < 1.29 is 37.4 Å². The van der Waals surface area contributed by atoms with Crippen molar-refractivity contribution in [2.45, 2.75) is 37.4 Å². The Hall–Kier alpha value is -3.56. The van der Waals surface area contributed by atoms with E-state index < -0.39 is 42.7 Å². The molecule has 0 saturated heterocycles. The van der Waals surface area contributed by atoms with Gasteiger partial charge in [-0.25, -0.2) is 4.79 Å². The van der Waals surface area contributed by atoms with Crippen LogP contribution in [-0.2, 0) is 14.3 Å². The molecule has 2 unspecified atom stereocenters. The van der Waals surface area contributed by atoms with Crippen LogP contribution in [0, 0.1) is 11.8 Å². The molecule has 0 radical (unpaired) electrons. The zero-order chi connectivity index (χ0) is 25.2. The van der Waals surface area contributed by atoms with E-state index in [1.54, 1.807) is 5.32 Å². The summed E-state index contributed by atoms with van der Waals surface area (Å²) in [6.45, 7) is -0.660. The third-order valence-electron chi connectivity index (χ3n) is 6.73. The summed E-state index contributed by atoms with van der Waals surface area (Å²) in [6, 6.07) is 12.1. The van der Waals surface area contributed by atoms with Crippen LogP contribution in [0.4, 0.5) is 18.0 Å². The minimum Gasteiger partial charge on any atom is -0.481 e. The number of amides is 2. The second-order valence-corrected chi connectivity index (χ2v) is 8.83. The maximum absolute atomic E-state index is 13.5. The van der Waals surface area contributed by atoms with Crippen molar-refractivity contribution in [2.75, 3.05) is 13.2 Å². The molecular weight excluding hydrogens is 465 g/mol. The predicted octanol–water partition coefficient (Wildman–Crippen LogP) is 4.07. The summed E-state index contributed by atoms with van der Waals surface area (Å²) in [4.78, 5) is 36.0. The van der Waals surface area contributed by atoms with Crippen molar-refractivity contribution in [1.29, 1.82) is 0 Å². The van der Waals surface area contributed by atoms with Gasteiger partial charge < -0.3 is 20.5 Å². The maximum Gasteiger partial charge on any atom is 0.417 e. The Bertz CT molecular complexity index is 1070. The lowest BCUT2D eigenvalue weighted by atomic mass is 9.76. The van der Waals surface area contributed by atoms with E-state index in [-0.39, 0.29) is 18.4 Å². The molecule has 2 amide bonds. The van der Waals surface area contributed by atoms with Crippen molar-refractivity contribution in [3.63, 3.8) is 0 Å². The first-order chi connectivity index (χ1) is 16.7. The van der Waals surface area contributed by atoms with Crippen molar-refractivity contribution in [2.24, 2.45) is 11.8 Å². The van der Waals surface area contributed by atoms with Crippen LogP contribution in [0.2, 0.25) is 0 Å². The number of rotatable bonds is 8.